The topological polar surface area (TPSA) is 15.3 Å². The Morgan fingerprint density at radius 1 is 1.33 bits per heavy atom. The molecule has 0 saturated carbocycles. The molecule has 2 fully saturated rings. The van der Waals surface area contributed by atoms with E-state index in [2.05, 4.69) is 18.7 Å². The van der Waals surface area contributed by atoms with Crippen LogP contribution in [0.1, 0.15) is 26.7 Å². The minimum absolute atomic E-state index is 0.599. The molecule has 0 aromatic rings. The number of nitrogens with zero attached hydrogens (tertiary/aromatic N) is 1. The van der Waals surface area contributed by atoms with Crippen molar-refractivity contribution in [2.75, 3.05) is 26.2 Å². The van der Waals surface area contributed by atoms with Crippen LogP contribution in [0.25, 0.3) is 0 Å². The lowest BCUT2D eigenvalue weighted by Gasteiger charge is -2.54. The Balaban J connectivity index is 1.83. The van der Waals surface area contributed by atoms with E-state index in [0.717, 1.165) is 13.1 Å². The van der Waals surface area contributed by atoms with Gasteiger partial charge in [0.25, 0.3) is 0 Å². The van der Waals surface area contributed by atoms with E-state index in [1.165, 1.54) is 25.9 Å². The number of nitrogens with one attached hydrogen (secondary N) is 1. The van der Waals surface area contributed by atoms with Gasteiger partial charge < -0.3 is 5.31 Å². The van der Waals surface area contributed by atoms with Crippen molar-refractivity contribution in [1.29, 1.82) is 0 Å². The Kier molecular flexibility index (Phi) is 1.84. The molecule has 2 rings (SSSR count). The van der Waals surface area contributed by atoms with E-state index in [0.29, 0.717) is 11.5 Å². The lowest BCUT2D eigenvalue weighted by atomic mass is 9.72. The van der Waals surface area contributed by atoms with Crippen molar-refractivity contribution >= 4 is 0 Å². The number of piperidine rings is 1. The molecule has 0 aliphatic carbocycles. The Hall–Kier alpha value is -0.0800. The van der Waals surface area contributed by atoms with Crippen molar-refractivity contribution in [3.63, 3.8) is 0 Å². The lowest BCUT2D eigenvalue weighted by molar-refractivity contribution is -0.0418. The number of rotatable bonds is 1. The molecule has 0 radical (unpaired) electrons. The molecule has 0 amide bonds. The highest BCUT2D eigenvalue weighted by atomic mass is 15.2. The van der Waals surface area contributed by atoms with Crippen LogP contribution in [0.3, 0.4) is 0 Å². The van der Waals surface area contributed by atoms with Crippen molar-refractivity contribution in [1.82, 2.24) is 10.2 Å². The van der Waals surface area contributed by atoms with Crippen LogP contribution in [0.5, 0.6) is 0 Å². The summed E-state index contributed by atoms with van der Waals surface area (Å²) in [5.41, 5.74) is 0.599. The van der Waals surface area contributed by atoms with Gasteiger partial charge in [0, 0.05) is 19.1 Å². The van der Waals surface area contributed by atoms with Crippen LogP contribution in [0, 0.1) is 5.41 Å². The van der Waals surface area contributed by atoms with E-state index >= 15 is 0 Å². The molecule has 0 bridgehead atoms. The second-order valence-electron chi connectivity index (χ2n) is 4.67. The summed E-state index contributed by atoms with van der Waals surface area (Å²) in [5.74, 6) is 0. The summed E-state index contributed by atoms with van der Waals surface area (Å²) < 4.78 is 7.50. The van der Waals surface area contributed by atoms with Crippen LogP contribution in [-0.4, -0.2) is 37.1 Å². The van der Waals surface area contributed by atoms with E-state index < -0.39 is 0 Å². The lowest BCUT2D eigenvalue weighted by Crippen LogP contribution is -2.61. The summed E-state index contributed by atoms with van der Waals surface area (Å²) in [6, 6.07) is 0.708. The summed E-state index contributed by atoms with van der Waals surface area (Å²) in [6.45, 7) is 9.05. The molecule has 2 aliphatic heterocycles. The normalized spacial score (nSPS) is 32.1. The highest BCUT2D eigenvalue weighted by Crippen LogP contribution is 2.39. The van der Waals surface area contributed by atoms with E-state index in [9.17, 15) is 0 Å². The molecule has 0 unspecified atom stereocenters. The average molecular weight is 169 g/mol. The molecule has 12 heavy (non-hydrogen) atoms. The van der Waals surface area contributed by atoms with Gasteiger partial charge in [0.15, 0.2) is 0 Å². The number of hydrogen-bond acceptors (Lipinski definition) is 2. The fourth-order valence-electron chi connectivity index (χ4n) is 2.37. The third kappa shape index (κ3) is 1.38. The van der Waals surface area contributed by atoms with Gasteiger partial charge in [0.1, 0.15) is 1.41 Å². The molecule has 2 saturated heterocycles. The maximum atomic E-state index is 7.50. The fourth-order valence-corrected chi connectivity index (χ4v) is 2.37. The van der Waals surface area contributed by atoms with Crippen LogP contribution < -0.4 is 5.31 Å². The van der Waals surface area contributed by atoms with Gasteiger partial charge in [-0.25, -0.2) is 0 Å². The molecule has 2 nitrogen and oxygen atoms in total. The highest BCUT2D eigenvalue weighted by molar-refractivity contribution is 4.98. The van der Waals surface area contributed by atoms with Crippen LogP contribution in [0.2, 0.25) is 1.41 Å². The minimum Gasteiger partial charge on any atom is -0.317 e. The molecule has 2 heterocycles. The predicted octanol–water partition coefficient (Wildman–Crippen LogP) is 1.08. The molecule has 70 valence electrons. The Labute approximate surface area is 76.8 Å². The maximum absolute atomic E-state index is 7.50. The Morgan fingerprint density at radius 3 is 2.42 bits per heavy atom. The van der Waals surface area contributed by atoms with E-state index in [1.54, 1.807) is 5.31 Å². The van der Waals surface area contributed by atoms with Gasteiger partial charge in [0.05, 0.1) is 0 Å². The molecule has 0 aromatic heterocycles. The average Bonchev–Trinajstić information content (AvgIpc) is 2.02. The van der Waals surface area contributed by atoms with Gasteiger partial charge in [-0.05, 0) is 45.2 Å². The first-order valence-electron chi connectivity index (χ1n) is 5.54. The molecule has 2 aliphatic rings. The molecule has 1 N–H and O–H groups in total. The SMILES string of the molecule is [2H]N1CCC2(CC1)CN(C(C)C)C2. The monoisotopic (exact) mass is 169 g/mol. The van der Waals surface area contributed by atoms with Crippen molar-refractivity contribution in [3.8, 4) is 0 Å². The molecule has 2 heteroatoms. The zero-order chi connectivity index (χ0) is 9.47. The number of likely N-dealkylation sites (tertiary alicyclic amines) is 1. The zero-order valence-electron chi connectivity index (χ0n) is 9.21. The van der Waals surface area contributed by atoms with Gasteiger partial charge in [-0.1, -0.05) is 0 Å². The van der Waals surface area contributed by atoms with E-state index in [1.807, 2.05) is 0 Å². The summed E-state index contributed by atoms with van der Waals surface area (Å²) in [4.78, 5) is 2.54. The van der Waals surface area contributed by atoms with Crippen molar-refractivity contribution in [2.45, 2.75) is 32.7 Å². The molecule has 0 atom stereocenters. The second kappa shape index (κ2) is 3.00. The zero-order valence-corrected chi connectivity index (χ0v) is 8.21. The first-order chi connectivity index (χ1) is 6.11. The fraction of sp³-hybridized carbons (Fsp3) is 1.00. The molecular formula is C10H20N2. The van der Waals surface area contributed by atoms with E-state index in [-0.39, 0.29) is 0 Å². The van der Waals surface area contributed by atoms with Gasteiger partial charge in [-0.15, -0.1) is 0 Å². The maximum Gasteiger partial charge on any atom is 0.122 e. The summed E-state index contributed by atoms with van der Waals surface area (Å²) in [6.07, 6.45) is 2.47. The van der Waals surface area contributed by atoms with Crippen molar-refractivity contribution in [2.24, 2.45) is 5.41 Å². The van der Waals surface area contributed by atoms with Gasteiger partial charge >= 0.3 is 0 Å². The molecular weight excluding hydrogens is 148 g/mol. The second-order valence-corrected chi connectivity index (χ2v) is 4.67. The van der Waals surface area contributed by atoms with E-state index in [4.69, 9.17) is 1.41 Å². The largest absolute Gasteiger partial charge is 0.317 e. The minimum atomic E-state index is 0.599. The van der Waals surface area contributed by atoms with Gasteiger partial charge in [0.2, 0.25) is 0 Å². The first-order valence-corrected chi connectivity index (χ1v) is 5.09. The summed E-state index contributed by atoms with van der Waals surface area (Å²) in [7, 11) is 0. The smallest absolute Gasteiger partial charge is 0.122 e. The standard InChI is InChI=1S/C10H20N2/c1-9(2)12-7-10(8-12)3-5-11-6-4-10/h9,11H,3-8H2,1-2H3/i/hD. The predicted molar refractivity (Wildman–Crippen MR) is 51.2 cm³/mol. The highest BCUT2D eigenvalue weighted by Gasteiger charge is 2.43. The quantitative estimate of drug-likeness (QED) is 0.632. The van der Waals surface area contributed by atoms with Gasteiger partial charge in [-0.2, -0.15) is 0 Å². The molecule has 0 aromatic carbocycles. The first kappa shape index (κ1) is 7.34. The van der Waals surface area contributed by atoms with Crippen LogP contribution in [0.4, 0.5) is 0 Å². The molecule has 1 spiro atoms. The van der Waals surface area contributed by atoms with Crippen molar-refractivity contribution < 1.29 is 1.41 Å². The van der Waals surface area contributed by atoms with Crippen LogP contribution in [-0.2, 0) is 0 Å². The summed E-state index contributed by atoms with van der Waals surface area (Å²) >= 11 is 0. The third-order valence-electron chi connectivity index (χ3n) is 3.41. The Morgan fingerprint density at radius 2 is 1.92 bits per heavy atom. The van der Waals surface area contributed by atoms with Crippen LogP contribution >= 0.6 is 0 Å². The van der Waals surface area contributed by atoms with Crippen molar-refractivity contribution in [3.05, 3.63) is 0 Å². The Bertz CT molecular complexity index is 177. The number of hydrogen-bond donors (Lipinski definition) is 1. The van der Waals surface area contributed by atoms with Gasteiger partial charge in [-0.3, -0.25) is 4.90 Å². The van der Waals surface area contributed by atoms with Crippen LogP contribution in [0.15, 0.2) is 0 Å². The third-order valence-corrected chi connectivity index (χ3v) is 3.41. The summed E-state index contributed by atoms with van der Waals surface area (Å²) in [5, 5.41) is 1.71.